The first-order valence-electron chi connectivity index (χ1n) is 11.7. The van der Waals surface area contributed by atoms with Gasteiger partial charge in [0.1, 0.15) is 0 Å². The van der Waals surface area contributed by atoms with Crippen LogP contribution in [0.25, 0.3) is 0 Å². The highest BCUT2D eigenvalue weighted by molar-refractivity contribution is 5.80. The van der Waals surface area contributed by atoms with Gasteiger partial charge in [0.2, 0.25) is 5.91 Å². The summed E-state index contributed by atoms with van der Waals surface area (Å²) in [5.41, 5.74) is 3.90. The zero-order valence-electron chi connectivity index (χ0n) is 19.3. The number of likely N-dealkylation sites (tertiary alicyclic amines) is 1. The van der Waals surface area contributed by atoms with E-state index in [1.165, 1.54) is 16.7 Å². The Morgan fingerprint density at radius 2 is 1.75 bits per heavy atom. The third kappa shape index (κ3) is 5.68. The molecule has 0 radical (unpaired) electrons. The predicted molar refractivity (Wildman–Crippen MR) is 129 cm³/mol. The van der Waals surface area contributed by atoms with Gasteiger partial charge < -0.3 is 15.5 Å². The highest BCUT2D eigenvalue weighted by atomic mass is 16.2. The van der Waals surface area contributed by atoms with E-state index in [0.29, 0.717) is 18.5 Å². The van der Waals surface area contributed by atoms with Gasteiger partial charge in [-0.1, -0.05) is 54.6 Å². The molecule has 0 bridgehead atoms. The van der Waals surface area contributed by atoms with Crippen molar-refractivity contribution < 1.29 is 4.79 Å². The molecule has 0 spiro atoms. The maximum atomic E-state index is 12.6. The van der Waals surface area contributed by atoms with Crippen molar-refractivity contribution in [2.75, 3.05) is 20.1 Å². The predicted octanol–water partition coefficient (Wildman–Crippen LogP) is 3.14. The van der Waals surface area contributed by atoms with E-state index in [-0.39, 0.29) is 5.91 Å². The largest absolute Gasteiger partial charge is 0.356 e. The second-order valence-electron chi connectivity index (χ2n) is 8.96. The molecular weight excluding hydrogens is 398 g/mol. The molecule has 4 rings (SSSR count). The van der Waals surface area contributed by atoms with Crippen LogP contribution in [0.15, 0.2) is 59.6 Å². The number of hydrogen-bond acceptors (Lipinski definition) is 3. The van der Waals surface area contributed by atoms with Crippen molar-refractivity contribution in [3.05, 3.63) is 71.3 Å². The first kappa shape index (κ1) is 22.3. The van der Waals surface area contributed by atoms with Crippen molar-refractivity contribution in [3.8, 4) is 0 Å². The van der Waals surface area contributed by atoms with Crippen molar-refractivity contribution in [1.29, 1.82) is 0 Å². The molecule has 2 N–H and O–H groups in total. The number of hydrogen-bond donors (Lipinski definition) is 2. The molecule has 0 aromatic heterocycles. The second kappa shape index (κ2) is 10.6. The minimum Gasteiger partial charge on any atom is -0.356 e. The van der Waals surface area contributed by atoms with E-state index in [0.717, 1.165) is 51.5 Å². The lowest BCUT2D eigenvalue weighted by molar-refractivity contribution is -0.131. The van der Waals surface area contributed by atoms with Gasteiger partial charge in [0, 0.05) is 58.3 Å². The monoisotopic (exact) mass is 433 g/mol. The first-order valence-corrected chi connectivity index (χ1v) is 11.7. The third-order valence-electron chi connectivity index (χ3n) is 6.55. The van der Waals surface area contributed by atoms with Gasteiger partial charge in [-0.2, -0.15) is 0 Å². The Balaban J connectivity index is 1.16. The van der Waals surface area contributed by atoms with E-state index in [1.807, 2.05) is 24.1 Å². The van der Waals surface area contributed by atoms with Gasteiger partial charge in [-0.3, -0.25) is 14.7 Å². The average Bonchev–Trinajstić information content (AvgIpc) is 3.39. The summed E-state index contributed by atoms with van der Waals surface area (Å²) in [6, 6.07) is 19.9. The van der Waals surface area contributed by atoms with Crippen LogP contribution in [0.4, 0.5) is 0 Å². The van der Waals surface area contributed by atoms with Gasteiger partial charge in [-0.15, -0.1) is 0 Å². The van der Waals surface area contributed by atoms with Crippen LogP contribution in [-0.2, 0) is 24.4 Å². The number of nitrogens with one attached hydrogen (secondary N) is 2. The lowest BCUT2D eigenvalue weighted by Crippen LogP contribution is -2.44. The van der Waals surface area contributed by atoms with Crippen molar-refractivity contribution >= 4 is 11.9 Å². The molecular formula is C26H35N5O. The van der Waals surface area contributed by atoms with Gasteiger partial charge in [0.05, 0.1) is 0 Å². The van der Waals surface area contributed by atoms with Gasteiger partial charge in [0.25, 0.3) is 0 Å². The highest BCUT2D eigenvalue weighted by Crippen LogP contribution is 2.23. The number of carbonyl (C=O) groups is 1. The maximum absolute atomic E-state index is 12.6. The van der Waals surface area contributed by atoms with Crippen LogP contribution in [0, 0.1) is 0 Å². The van der Waals surface area contributed by atoms with E-state index in [2.05, 4.69) is 69.9 Å². The van der Waals surface area contributed by atoms with Crippen LogP contribution in [0.2, 0.25) is 0 Å². The Kier molecular flexibility index (Phi) is 7.43. The summed E-state index contributed by atoms with van der Waals surface area (Å²) >= 11 is 0. The first-order chi connectivity index (χ1) is 15.6. The third-order valence-corrected chi connectivity index (χ3v) is 6.55. The summed E-state index contributed by atoms with van der Waals surface area (Å²) in [5, 5.41) is 6.96. The number of amides is 1. The number of guanidine groups is 1. The Morgan fingerprint density at radius 3 is 2.44 bits per heavy atom. The highest BCUT2D eigenvalue weighted by Gasteiger charge is 2.29. The molecule has 1 amide bonds. The van der Waals surface area contributed by atoms with Crippen molar-refractivity contribution in [2.24, 2.45) is 4.99 Å². The van der Waals surface area contributed by atoms with E-state index in [1.54, 1.807) is 0 Å². The number of nitrogens with zero attached hydrogens (tertiary/aromatic N) is 3. The molecule has 2 aliphatic heterocycles. The fraction of sp³-hybridized carbons (Fsp3) is 0.462. The number of aliphatic imine (C=N–C) groups is 1. The van der Waals surface area contributed by atoms with Crippen LogP contribution < -0.4 is 10.6 Å². The van der Waals surface area contributed by atoms with Crippen LogP contribution in [0.1, 0.15) is 42.9 Å². The minimum absolute atomic E-state index is 0.229. The van der Waals surface area contributed by atoms with E-state index in [9.17, 15) is 4.79 Å². The van der Waals surface area contributed by atoms with E-state index in [4.69, 9.17) is 0 Å². The number of benzene rings is 2. The SMILES string of the molecule is CN=C(NCCCC(=O)N1Cc2ccccc2C1)NC1CC(C)N(Cc2ccccc2)C1. The fourth-order valence-electron chi connectivity index (χ4n) is 4.74. The molecule has 32 heavy (non-hydrogen) atoms. The number of fused-ring (bicyclic) bond motifs is 1. The smallest absolute Gasteiger partial charge is 0.223 e. The van der Waals surface area contributed by atoms with Crippen molar-refractivity contribution in [1.82, 2.24) is 20.4 Å². The number of carbonyl (C=O) groups excluding carboxylic acids is 1. The Bertz CT molecular complexity index is 904. The minimum atomic E-state index is 0.229. The summed E-state index contributed by atoms with van der Waals surface area (Å²) < 4.78 is 0. The molecule has 0 saturated carbocycles. The fourth-order valence-corrected chi connectivity index (χ4v) is 4.74. The Hall–Kier alpha value is -2.86. The summed E-state index contributed by atoms with van der Waals surface area (Å²) in [7, 11) is 1.81. The zero-order valence-corrected chi connectivity index (χ0v) is 19.3. The molecule has 6 heteroatoms. The average molecular weight is 434 g/mol. The zero-order chi connectivity index (χ0) is 22.3. The standard InChI is InChI=1S/C26H35N5O/c1-20-15-24(19-30(20)16-21-9-4-3-5-10-21)29-26(27-2)28-14-8-13-25(32)31-17-22-11-6-7-12-23(22)18-31/h3-7,9-12,20,24H,8,13-19H2,1-2H3,(H2,27,28,29). The molecule has 2 aliphatic rings. The molecule has 170 valence electrons. The number of rotatable bonds is 7. The molecule has 2 aromatic rings. The van der Waals surface area contributed by atoms with Gasteiger partial charge >= 0.3 is 0 Å². The van der Waals surface area contributed by atoms with Crippen molar-refractivity contribution in [3.63, 3.8) is 0 Å². The lowest BCUT2D eigenvalue weighted by atomic mass is 10.1. The van der Waals surface area contributed by atoms with Crippen LogP contribution >= 0.6 is 0 Å². The topological polar surface area (TPSA) is 60.0 Å². The van der Waals surface area contributed by atoms with Gasteiger partial charge in [-0.25, -0.2) is 0 Å². The molecule has 2 aromatic carbocycles. The molecule has 6 nitrogen and oxygen atoms in total. The molecule has 1 fully saturated rings. The van der Waals surface area contributed by atoms with Crippen LogP contribution in [0.5, 0.6) is 0 Å². The second-order valence-corrected chi connectivity index (χ2v) is 8.96. The summed E-state index contributed by atoms with van der Waals surface area (Å²) in [6.45, 7) is 6.50. The van der Waals surface area contributed by atoms with Crippen LogP contribution in [0.3, 0.4) is 0 Å². The Morgan fingerprint density at radius 1 is 1.06 bits per heavy atom. The van der Waals surface area contributed by atoms with E-state index >= 15 is 0 Å². The summed E-state index contributed by atoms with van der Waals surface area (Å²) in [6.07, 6.45) is 2.46. The lowest BCUT2D eigenvalue weighted by Gasteiger charge is -2.21. The maximum Gasteiger partial charge on any atom is 0.223 e. The van der Waals surface area contributed by atoms with Gasteiger partial charge in [-0.05, 0) is 36.5 Å². The van der Waals surface area contributed by atoms with Crippen LogP contribution in [-0.4, -0.2) is 53.9 Å². The summed E-state index contributed by atoms with van der Waals surface area (Å²) in [5.74, 6) is 1.05. The van der Waals surface area contributed by atoms with Crippen molar-refractivity contribution in [2.45, 2.75) is 57.9 Å². The normalized spacial score (nSPS) is 20.9. The van der Waals surface area contributed by atoms with Gasteiger partial charge in [0.15, 0.2) is 5.96 Å². The molecule has 2 unspecified atom stereocenters. The summed E-state index contributed by atoms with van der Waals surface area (Å²) in [4.78, 5) is 21.4. The molecule has 2 atom stereocenters. The molecule has 1 saturated heterocycles. The Labute approximate surface area is 191 Å². The molecule has 0 aliphatic carbocycles. The quantitative estimate of drug-likeness (QED) is 0.400. The van der Waals surface area contributed by atoms with E-state index < -0.39 is 0 Å². The molecule has 2 heterocycles.